The average Bonchev–Trinajstić information content (AvgIpc) is 2.49. The maximum absolute atomic E-state index is 11.0. The van der Waals surface area contributed by atoms with Crippen molar-refractivity contribution in [1.82, 2.24) is 0 Å². The highest BCUT2D eigenvalue weighted by molar-refractivity contribution is 9.10. The molecule has 0 saturated carbocycles. The highest BCUT2D eigenvalue weighted by Crippen LogP contribution is 2.22. The Hall–Kier alpha value is -2.01. The second-order valence-electron chi connectivity index (χ2n) is 4.31. The fraction of sp³-hybridized carbons (Fsp3) is 0.188. The van der Waals surface area contributed by atoms with Gasteiger partial charge in [-0.05, 0) is 46.3 Å². The minimum atomic E-state index is -0.986. The molecular formula is C16H15BrO4. The Kier molecular flexibility index (Phi) is 5.63. The van der Waals surface area contributed by atoms with E-state index in [-0.39, 0.29) is 5.56 Å². The van der Waals surface area contributed by atoms with Gasteiger partial charge in [-0.25, -0.2) is 4.79 Å². The van der Waals surface area contributed by atoms with Gasteiger partial charge in [0.05, 0.1) is 18.8 Å². The zero-order valence-corrected chi connectivity index (χ0v) is 12.9. The van der Waals surface area contributed by atoms with E-state index < -0.39 is 5.97 Å². The lowest BCUT2D eigenvalue weighted by Gasteiger charge is -2.09. The Morgan fingerprint density at radius 1 is 1.00 bits per heavy atom. The van der Waals surface area contributed by atoms with Crippen LogP contribution in [0.5, 0.6) is 11.5 Å². The molecule has 0 saturated heterocycles. The zero-order chi connectivity index (χ0) is 15.1. The molecule has 5 heteroatoms. The van der Waals surface area contributed by atoms with Crippen molar-refractivity contribution >= 4 is 21.9 Å². The van der Waals surface area contributed by atoms with Gasteiger partial charge in [-0.15, -0.1) is 0 Å². The quantitative estimate of drug-likeness (QED) is 0.767. The Labute approximate surface area is 131 Å². The lowest BCUT2D eigenvalue weighted by atomic mass is 10.2. The Morgan fingerprint density at radius 3 is 2.33 bits per heavy atom. The Balaban J connectivity index is 1.76. The number of rotatable bonds is 7. The van der Waals surface area contributed by atoms with Crippen LogP contribution in [0.3, 0.4) is 0 Å². The number of aromatic carboxylic acids is 1. The van der Waals surface area contributed by atoms with E-state index in [9.17, 15) is 4.79 Å². The Bertz CT molecular complexity index is 598. The van der Waals surface area contributed by atoms with Crippen molar-refractivity contribution in [3.63, 3.8) is 0 Å². The predicted molar refractivity (Wildman–Crippen MR) is 83.2 cm³/mol. The van der Waals surface area contributed by atoms with Crippen LogP contribution in [0.4, 0.5) is 0 Å². The average molecular weight is 351 g/mol. The van der Waals surface area contributed by atoms with Gasteiger partial charge in [0.1, 0.15) is 11.5 Å². The van der Waals surface area contributed by atoms with Crippen LogP contribution < -0.4 is 9.47 Å². The molecule has 4 nitrogen and oxygen atoms in total. The fourth-order valence-corrected chi connectivity index (χ4v) is 2.13. The summed E-state index contributed by atoms with van der Waals surface area (Å²) in [5.74, 6) is 0.379. The lowest BCUT2D eigenvalue weighted by molar-refractivity contribution is 0.0695. The van der Waals surface area contributed by atoms with Crippen molar-refractivity contribution in [2.45, 2.75) is 6.42 Å². The van der Waals surface area contributed by atoms with Crippen LogP contribution in [-0.4, -0.2) is 24.3 Å². The summed E-state index contributed by atoms with van der Waals surface area (Å²) in [6.07, 6.45) is 0.716. The monoisotopic (exact) mass is 350 g/mol. The van der Waals surface area contributed by atoms with Crippen molar-refractivity contribution in [2.75, 3.05) is 13.2 Å². The summed E-state index contributed by atoms with van der Waals surface area (Å²) in [5, 5.41) is 9.02. The molecule has 21 heavy (non-hydrogen) atoms. The highest BCUT2D eigenvalue weighted by atomic mass is 79.9. The normalized spacial score (nSPS) is 10.1. The zero-order valence-electron chi connectivity index (χ0n) is 11.3. The van der Waals surface area contributed by atoms with E-state index in [2.05, 4.69) is 15.9 Å². The van der Waals surface area contributed by atoms with E-state index in [0.29, 0.717) is 29.9 Å². The first-order valence-electron chi connectivity index (χ1n) is 6.50. The van der Waals surface area contributed by atoms with Crippen LogP contribution in [0.25, 0.3) is 0 Å². The number of carbonyl (C=O) groups is 1. The molecule has 0 heterocycles. The molecule has 0 radical (unpaired) electrons. The first-order valence-corrected chi connectivity index (χ1v) is 7.29. The molecule has 1 N–H and O–H groups in total. The molecule has 2 aromatic carbocycles. The summed E-state index contributed by atoms with van der Waals surface area (Å²) >= 11 is 3.19. The van der Waals surface area contributed by atoms with E-state index in [1.165, 1.54) is 6.07 Å². The molecular weight excluding hydrogens is 336 g/mol. The summed E-state index contributed by atoms with van der Waals surface area (Å²) in [6, 6.07) is 14.5. The van der Waals surface area contributed by atoms with Crippen LogP contribution in [0.15, 0.2) is 53.0 Å². The summed E-state index contributed by atoms with van der Waals surface area (Å²) in [6.45, 7) is 1.01. The molecule has 0 aromatic heterocycles. The largest absolute Gasteiger partial charge is 0.493 e. The maximum atomic E-state index is 11.0. The first-order chi connectivity index (χ1) is 10.2. The fourth-order valence-electron chi connectivity index (χ4n) is 1.71. The Morgan fingerprint density at radius 2 is 1.67 bits per heavy atom. The molecule has 2 aromatic rings. The van der Waals surface area contributed by atoms with Gasteiger partial charge >= 0.3 is 5.97 Å². The molecule has 0 aliphatic carbocycles. The smallest absolute Gasteiger partial charge is 0.336 e. The van der Waals surface area contributed by atoms with Crippen molar-refractivity contribution in [3.05, 3.63) is 58.6 Å². The number of hydrogen-bond acceptors (Lipinski definition) is 3. The number of halogens is 1. The van der Waals surface area contributed by atoms with Gasteiger partial charge in [0.15, 0.2) is 0 Å². The topological polar surface area (TPSA) is 55.8 Å². The molecule has 0 spiro atoms. The van der Waals surface area contributed by atoms with Crippen LogP contribution in [0.2, 0.25) is 0 Å². The number of benzene rings is 2. The molecule has 2 rings (SSSR count). The maximum Gasteiger partial charge on any atom is 0.336 e. The van der Waals surface area contributed by atoms with Crippen molar-refractivity contribution in [1.29, 1.82) is 0 Å². The summed E-state index contributed by atoms with van der Waals surface area (Å²) in [4.78, 5) is 11.0. The van der Waals surface area contributed by atoms with Gasteiger partial charge in [-0.2, -0.15) is 0 Å². The minimum absolute atomic E-state index is 0.188. The third-order valence-corrected chi connectivity index (χ3v) is 3.43. The molecule has 0 bridgehead atoms. The number of carboxylic acids is 1. The van der Waals surface area contributed by atoms with Gasteiger partial charge in [0, 0.05) is 10.9 Å². The van der Waals surface area contributed by atoms with Crippen LogP contribution in [-0.2, 0) is 0 Å². The number of hydrogen-bond donors (Lipinski definition) is 1. The van der Waals surface area contributed by atoms with E-state index in [1.54, 1.807) is 12.1 Å². The van der Waals surface area contributed by atoms with Gasteiger partial charge in [-0.3, -0.25) is 0 Å². The van der Waals surface area contributed by atoms with Crippen LogP contribution in [0.1, 0.15) is 16.8 Å². The van der Waals surface area contributed by atoms with Crippen molar-refractivity contribution in [3.8, 4) is 11.5 Å². The highest BCUT2D eigenvalue weighted by Gasteiger charge is 2.09. The van der Waals surface area contributed by atoms with Gasteiger partial charge in [0.2, 0.25) is 0 Å². The van der Waals surface area contributed by atoms with E-state index in [1.807, 2.05) is 30.3 Å². The number of para-hydroxylation sites is 1. The molecule has 0 aliphatic heterocycles. The van der Waals surface area contributed by atoms with Gasteiger partial charge in [0.25, 0.3) is 0 Å². The van der Waals surface area contributed by atoms with Crippen LogP contribution >= 0.6 is 15.9 Å². The van der Waals surface area contributed by atoms with E-state index >= 15 is 0 Å². The number of ether oxygens (including phenoxy) is 2. The van der Waals surface area contributed by atoms with E-state index in [4.69, 9.17) is 14.6 Å². The van der Waals surface area contributed by atoms with Gasteiger partial charge in [-0.1, -0.05) is 18.2 Å². The third-order valence-electron chi connectivity index (χ3n) is 2.74. The van der Waals surface area contributed by atoms with Gasteiger partial charge < -0.3 is 14.6 Å². The molecule has 0 amide bonds. The summed E-state index contributed by atoms with van der Waals surface area (Å²) < 4.78 is 11.6. The third kappa shape index (κ3) is 4.79. The lowest BCUT2D eigenvalue weighted by Crippen LogP contribution is -2.06. The molecule has 0 aliphatic rings. The standard InChI is InChI=1S/C16H15BrO4/c17-15-8-7-13(11-14(15)16(18)19)21-10-4-9-20-12-5-2-1-3-6-12/h1-3,5-8,11H,4,9-10H2,(H,18,19). The van der Waals surface area contributed by atoms with Crippen LogP contribution in [0, 0.1) is 0 Å². The summed E-state index contributed by atoms with van der Waals surface area (Å²) in [5.41, 5.74) is 0.188. The minimum Gasteiger partial charge on any atom is -0.493 e. The SMILES string of the molecule is O=C(O)c1cc(OCCCOc2ccccc2)ccc1Br. The molecule has 0 fully saturated rings. The summed E-state index contributed by atoms with van der Waals surface area (Å²) in [7, 11) is 0. The predicted octanol–water partition coefficient (Wildman–Crippen LogP) is 4.00. The van der Waals surface area contributed by atoms with Crippen molar-refractivity contribution in [2.24, 2.45) is 0 Å². The second-order valence-corrected chi connectivity index (χ2v) is 5.16. The van der Waals surface area contributed by atoms with Crippen molar-refractivity contribution < 1.29 is 19.4 Å². The molecule has 0 unspecified atom stereocenters. The number of carboxylic acid groups (broad SMARTS) is 1. The second kappa shape index (κ2) is 7.69. The molecule has 0 atom stereocenters. The molecule has 110 valence electrons. The van der Waals surface area contributed by atoms with E-state index in [0.717, 1.165) is 5.75 Å². The first kappa shape index (κ1) is 15.4.